The normalized spacial score (nSPS) is 10.7. The van der Waals surface area contributed by atoms with Crippen molar-refractivity contribution in [2.24, 2.45) is 0 Å². The number of carbonyl (C=O) groups excluding carboxylic acids is 1. The Morgan fingerprint density at radius 1 is 1.19 bits per heavy atom. The summed E-state index contributed by atoms with van der Waals surface area (Å²) in [5.41, 5.74) is 1.74. The smallest absolute Gasteiger partial charge is 0.309 e. The largest absolute Gasteiger partial charge is 0.404 e. The minimum Gasteiger partial charge on any atom is -0.404 e. The van der Waals surface area contributed by atoms with Gasteiger partial charge in [0.1, 0.15) is 4.70 Å². The number of fused-ring (bicyclic) bond motifs is 1. The van der Waals surface area contributed by atoms with E-state index in [0.717, 1.165) is 26.2 Å². The van der Waals surface area contributed by atoms with Crippen molar-refractivity contribution in [3.63, 3.8) is 0 Å². The molecule has 4 aromatic rings. The van der Waals surface area contributed by atoms with E-state index in [-0.39, 0.29) is 5.88 Å². The van der Waals surface area contributed by atoms with Gasteiger partial charge in [-0.3, -0.25) is 9.78 Å². The number of anilines is 2. The molecule has 6 nitrogen and oxygen atoms in total. The molecule has 27 heavy (non-hydrogen) atoms. The molecule has 0 spiro atoms. The SMILES string of the molecule is CC(=O)Oc1nnc(Nc2cccnc2)c2cc(-c3cccc(Cl)c3)sc12. The Kier molecular flexibility index (Phi) is 4.70. The van der Waals surface area contributed by atoms with Crippen LogP contribution in [0, 0.1) is 0 Å². The molecule has 3 aromatic heterocycles. The monoisotopic (exact) mass is 396 g/mol. The zero-order valence-corrected chi connectivity index (χ0v) is 15.7. The van der Waals surface area contributed by atoms with Crippen molar-refractivity contribution in [1.82, 2.24) is 15.2 Å². The minimum atomic E-state index is -0.448. The van der Waals surface area contributed by atoms with Gasteiger partial charge in [-0.25, -0.2) is 0 Å². The number of hydrogen-bond acceptors (Lipinski definition) is 7. The summed E-state index contributed by atoms with van der Waals surface area (Å²) < 4.78 is 5.96. The first-order valence-corrected chi connectivity index (χ1v) is 9.21. The molecule has 8 heteroatoms. The van der Waals surface area contributed by atoms with Crippen LogP contribution in [-0.2, 0) is 4.79 Å². The lowest BCUT2D eigenvalue weighted by atomic mass is 10.2. The van der Waals surface area contributed by atoms with Crippen molar-refractivity contribution in [2.75, 3.05) is 5.32 Å². The van der Waals surface area contributed by atoms with E-state index in [1.54, 1.807) is 12.4 Å². The van der Waals surface area contributed by atoms with Crippen molar-refractivity contribution in [1.29, 1.82) is 0 Å². The fourth-order valence-electron chi connectivity index (χ4n) is 2.57. The molecule has 0 saturated carbocycles. The molecule has 0 saturated heterocycles. The Hall–Kier alpha value is -3.03. The Bertz CT molecular complexity index is 1130. The Morgan fingerprint density at radius 2 is 2.07 bits per heavy atom. The van der Waals surface area contributed by atoms with E-state index >= 15 is 0 Å². The predicted octanol–water partition coefficient (Wildman–Crippen LogP) is 5.08. The second kappa shape index (κ2) is 7.30. The van der Waals surface area contributed by atoms with Gasteiger partial charge in [-0.05, 0) is 35.9 Å². The molecule has 0 aliphatic carbocycles. The van der Waals surface area contributed by atoms with Crippen LogP contribution in [0.5, 0.6) is 5.88 Å². The van der Waals surface area contributed by atoms with Gasteiger partial charge in [-0.15, -0.1) is 21.5 Å². The lowest BCUT2D eigenvalue weighted by molar-refractivity contribution is -0.132. The van der Waals surface area contributed by atoms with Crippen LogP contribution in [-0.4, -0.2) is 21.2 Å². The molecular weight excluding hydrogens is 384 g/mol. The number of benzene rings is 1. The quantitative estimate of drug-likeness (QED) is 0.485. The molecule has 1 aromatic carbocycles. The number of hydrogen-bond donors (Lipinski definition) is 1. The summed E-state index contributed by atoms with van der Waals surface area (Å²) in [6.07, 6.45) is 3.38. The molecule has 0 bridgehead atoms. The second-order valence-electron chi connectivity index (χ2n) is 5.68. The van der Waals surface area contributed by atoms with E-state index in [2.05, 4.69) is 20.5 Å². The molecule has 0 radical (unpaired) electrons. The van der Waals surface area contributed by atoms with Gasteiger partial charge < -0.3 is 10.1 Å². The summed E-state index contributed by atoms with van der Waals surface area (Å²) in [6.45, 7) is 1.33. The van der Waals surface area contributed by atoms with Crippen molar-refractivity contribution < 1.29 is 9.53 Å². The maximum Gasteiger partial charge on any atom is 0.309 e. The average Bonchev–Trinajstić information content (AvgIpc) is 3.10. The fourth-order valence-corrected chi connectivity index (χ4v) is 3.84. The van der Waals surface area contributed by atoms with Gasteiger partial charge in [0.15, 0.2) is 5.82 Å². The van der Waals surface area contributed by atoms with Crippen molar-refractivity contribution in [3.05, 3.63) is 59.9 Å². The number of halogens is 1. The summed E-state index contributed by atoms with van der Waals surface area (Å²) in [5.74, 6) is 0.294. The van der Waals surface area contributed by atoms with E-state index in [1.807, 2.05) is 42.5 Å². The molecule has 0 atom stereocenters. The number of thiophene rings is 1. The van der Waals surface area contributed by atoms with Gasteiger partial charge >= 0.3 is 5.97 Å². The van der Waals surface area contributed by atoms with Gasteiger partial charge in [-0.2, -0.15) is 0 Å². The third-order valence-corrected chi connectivity index (χ3v) is 5.10. The number of nitrogens with one attached hydrogen (secondary N) is 1. The summed E-state index contributed by atoms with van der Waals surface area (Å²) in [4.78, 5) is 16.5. The number of nitrogens with zero attached hydrogens (tertiary/aromatic N) is 3. The number of pyridine rings is 1. The van der Waals surface area contributed by atoms with Crippen molar-refractivity contribution in [2.45, 2.75) is 6.92 Å². The van der Waals surface area contributed by atoms with Crippen molar-refractivity contribution in [3.8, 4) is 16.3 Å². The summed E-state index contributed by atoms with van der Waals surface area (Å²) >= 11 is 7.58. The third kappa shape index (κ3) is 3.74. The predicted molar refractivity (Wildman–Crippen MR) is 107 cm³/mol. The van der Waals surface area contributed by atoms with Gasteiger partial charge in [0.25, 0.3) is 5.88 Å². The molecule has 0 unspecified atom stereocenters. The van der Waals surface area contributed by atoms with Crippen LogP contribution in [0.4, 0.5) is 11.5 Å². The second-order valence-corrected chi connectivity index (χ2v) is 7.17. The zero-order valence-electron chi connectivity index (χ0n) is 14.1. The Labute approximate surface area is 163 Å². The van der Waals surface area contributed by atoms with Gasteiger partial charge in [0, 0.05) is 28.4 Å². The number of ether oxygens (including phenoxy) is 1. The number of carbonyl (C=O) groups is 1. The molecule has 1 N–H and O–H groups in total. The van der Waals surface area contributed by atoms with Crippen LogP contribution in [0.1, 0.15) is 6.92 Å². The number of aromatic nitrogens is 3. The molecule has 0 aliphatic heterocycles. The topological polar surface area (TPSA) is 77.0 Å². The maximum absolute atomic E-state index is 11.4. The van der Waals surface area contributed by atoms with E-state index in [1.165, 1.54) is 18.3 Å². The molecule has 0 fully saturated rings. The molecule has 4 rings (SSSR count). The van der Waals surface area contributed by atoms with E-state index in [9.17, 15) is 4.79 Å². The van der Waals surface area contributed by atoms with E-state index in [0.29, 0.717) is 10.8 Å². The number of esters is 1. The van der Waals surface area contributed by atoms with Crippen LogP contribution >= 0.6 is 22.9 Å². The maximum atomic E-state index is 11.4. The molecule has 134 valence electrons. The fraction of sp³-hybridized carbons (Fsp3) is 0.0526. The minimum absolute atomic E-state index is 0.188. The highest BCUT2D eigenvalue weighted by Gasteiger charge is 2.17. The van der Waals surface area contributed by atoms with Crippen LogP contribution < -0.4 is 10.1 Å². The molecule has 0 aliphatic rings. The van der Waals surface area contributed by atoms with Crippen molar-refractivity contribution >= 4 is 50.5 Å². The van der Waals surface area contributed by atoms with Gasteiger partial charge in [-0.1, -0.05) is 23.7 Å². The first kappa shape index (κ1) is 17.4. The van der Waals surface area contributed by atoms with E-state index < -0.39 is 5.97 Å². The zero-order chi connectivity index (χ0) is 18.8. The Balaban J connectivity index is 1.85. The Morgan fingerprint density at radius 3 is 2.81 bits per heavy atom. The number of rotatable bonds is 4. The lowest BCUT2D eigenvalue weighted by Crippen LogP contribution is -2.05. The highest BCUT2D eigenvalue weighted by Crippen LogP contribution is 2.41. The third-order valence-electron chi connectivity index (χ3n) is 3.70. The molecule has 3 heterocycles. The van der Waals surface area contributed by atoms with Crippen LogP contribution in [0.25, 0.3) is 20.5 Å². The van der Waals surface area contributed by atoms with Crippen LogP contribution in [0.2, 0.25) is 5.02 Å². The highest BCUT2D eigenvalue weighted by molar-refractivity contribution is 7.22. The summed E-state index contributed by atoms with van der Waals surface area (Å²) in [6, 6.07) is 13.2. The van der Waals surface area contributed by atoms with Gasteiger partial charge in [0.05, 0.1) is 11.9 Å². The van der Waals surface area contributed by atoms with Gasteiger partial charge in [0.2, 0.25) is 0 Å². The lowest BCUT2D eigenvalue weighted by Gasteiger charge is -2.07. The van der Waals surface area contributed by atoms with Crippen LogP contribution in [0.15, 0.2) is 54.9 Å². The summed E-state index contributed by atoms with van der Waals surface area (Å²) in [7, 11) is 0. The van der Waals surface area contributed by atoms with Crippen LogP contribution in [0.3, 0.4) is 0 Å². The summed E-state index contributed by atoms with van der Waals surface area (Å²) in [5, 5.41) is 12.9. The first-order valence-electron chi connectivity index (χ1n) is 8.02. The highest BCUT2D eigenvalue weighted by atomic mass is 35.5. The average molecular weight is 397 g/mol. The van der Waals surface area contributed by atoms with E-state index in [4.69, 9.17) is 16.3 Å². The molecule has 0 amide bonds. The molecular formula is C19H13ClN4O2S. The first-order chi connectivity index (χ1) is 13.1. The standard InChI is InChI=1S/C19H13ClN4O2S/c1-11(25)26-19-17-15(9-16(27-17)12-4-2-5-13(20)8-12)18(23-24-19)22-14-6-3-7-21-10-14/h2-10H,1H3,(H,22,23).